The first-order valence-electron chi connectivity index (χ1n) is 6.38. The third-order valence-corrected chi connectivity index (χ3v) is 4.13. The van der Waals surface area contributed by atoms with Crippen LogP contribution in [-0.2, 0) is 5.41 Å². The van der Waals surface area contributed by atoms with Crippen molar-refractivity contribution in [2.75, 3.05) is 5.43 Å². The molecule has 0 radical (unpaired) electrons. The molecule has 0 atom stereocenters. The van der Waals surface area contributed by atoms with Gasteiger partial charge in [0.05, 0.1) is 11.4 Å². The first kappa shape index (κ1) is 15.2. The van der Waals surface area contributed by atoms with E-state index in [9.17, 15) is 0 Å². The Balaban J connectivity index is 2.09. The maximum Gasteiger partial charge on any atom is 0.203 e. The number of benzene rings is 1. The highest BCUT2D eigenvalue weighted by Crippen LogP contribution is 2.26. The number of hydrogen-bond acceptors (Lipinski definition) is 4. The van der Waals surface area contributed by atoms with Crippen molar-refractivity contribution in [1.82, 2.24) is 4.98 Å². The molecule has 0 unspecified atom stereocenters. The van der Waals surface area contributed by atoms with Crippen LogP contribution in [0.5, 0.6) is 0 Å². The summed E-state index contributed by atoms with van der Waals surface area (Å²) >= 11 is 5.01. The number of nitrogens with zero attached hydrogens (tertiary/aromatic N) is 2. The van der Waals surface area contributed by atoms with E-state index in [1.54, 1.807) is 11.3 Å². The van der Waals surface area contributed by atoms with Gasteiger partial charge >= 0.3 is 0 Å². The normalized spacial score (nSPS) is 12.6. The molecule has 1 aromatic carbocycles. The van der Waals surface area contributed by atoms with Crippen molar-refractivity contribution in [3.8, 4) is 0 Å². The summed E-state index contributed by atoms with van der Waals surface area (Å²) in [4.78, 5) is 4.55. The zero-order valence-corrected chi connectivity index (χ0v) is 14.5. The molecule has 0 aliphatic carbocycles. The lowest BCUT2D eigenvalue weighted by Gasteiger charge is -2.13. The van der Waals surface area contributed by atoms with Crippen molar-refractivity contribution < 1.29 is 0 Å². The lowest BCUT2D eigenvalue weighted by atomic mass is 9.93. The Hall–Kier alpha value is -1.20. The topological polar surface area (TPSA) is 37.3 Å². The maximum absolute atomic E-state index is 4.55. The van der Waals surface area contributed by atoms with Crippen LogP contribution in [-0.4, -0.2) is 10.7 Å². The van der Waals surface area contributed by atoms with E-state index in [2.05, 4.69) is 57.6 Å². The Kier molecular flexibility index (Phi) is 4.60. The first-order valence-corrected chi connectivity index (χ1v) is 8.06. The van der Waals surface area contributed by atoms with Gasteiger partial charge in [-0.3, -0.25) is 5.43 Å². The number of hydrogen-bond donors (Lipinski definition) is 1. The SMILES string of the molecule is C/C(=N/Nc1nc(C(C)(C)C)cs1)c1ccc(Br)cc1. The molecule has 0 amide bonds. The van der Waals surface area contributed by atoms with Gasteiger partial charge < -0.3 is 0 Å². The summed E-state index contributed by atoms with van der Waals surface area (Å²) in [6.07, 6.45) is 0. The highest BCUT2D eigenvalue weighted by molar-refractivity contribution is 9.10. The zero-order chi connectivity index (χ0) is 14.8. The number of hydrazone groups is 1. The molecular formula is C15H18BrN3S. The third-order valence-electron chi connectivity index (χ3n) is 2.85. The van der Waals surface area contributed by atoms with Crippen molar-refractivity contribution in [1.29, 1.82) is 0 Å². The second-order valence-corrected chi connectivity index (χ2v) is 7.38. The smallest absolute Gasteiger partial charge is 0.203 e. The van der Waals surface area contributed by atoms with Crippen LogP contribution in [0.1, 0.15) is 39.0 Å². The second kappa shape index (κ2) is 6.06. The van der Waals surface area contributed by atoms with E-state index in [-0.39, 0.29) is 5.41 Å². The van der Waals surface area contributed by atoms with E-state index in [1.165, 1.54) is 0 Å². The Labute approximate surface area is 132 Å². The van der Waals surface area contributed by atoms with Crippen LogP contribution in [0.4, 0.5) is 5.13 Å². The summed E-state index contributed by atoms with van der Waals surface area (Å²) in [7, 11) is 0. The number of nitrogens with one attached hydrogen (secondary N) is 1. The minimum absolute atomic E-state index is 0.0703. The molecule has 1 aromatic heterocycles. The van der Waals surface area contributed by atoms with Gasteiger partial charge in [-0.15, -0.1) is 11.3 Å². The Morgan fingerprint density at radius 1 is 1.25 bits per heavy atom. The fourth-order valence-electron chi connectivity index (χ4n) is 1.56. The summed E-state index contributed by atoms with van der Waals surface area (Å²) in [6, 6.07) is 8.09. The first-order chi connectivity index (χ1) is 9.36. The van der Waals surface area contributed by atoms with Gasteiger partial charge in [0.1, 0.15) is 0 Å². The predicted molar refractivity (Wildman–Crippen MR) is 90.8 cm³/mol. The molecule has 0 aliphatic heterocycles. The molecular weight excluding hydrogens is 334 g/mol. The molecule has 0 bridgehead atoms. The molecule has 1 N–H and O–H groups in total. The van der Waals surface area contributed by atoms with Crippen LogP contribution < -0.4 is 5.43 Å². The minimum Gasteiger partial charge on any atom is -0.252 e. The molecule has 2 aromatic rings. The molecule has 1 heterocycles. The lowest BCUT2D eigenvalue weighted by Crippen LogP contribution is -2.11. The Morgan fingerprint density at radius 3 is 2.45 bits per heavy atom. The van der Waals surface area contributed by atoms with E-state index in [0.717, 1.165) is 26.6 Å². The fourth-order valence-corrected chi connectivity index (χ4v) is 2.70. The van der Waals surface area contributed by atoms with Gasteiger partial charge in [0.2, 0.25) is 5.13 Å². The lowest BCUT2D eigenvalue weighted by molar-refractivity contribution is 0.573. The van der Waals surface area contributed by atoms with Gasteiger partial charge in [-0.2, -0.15) is 5.10 Å². The largest absolute Gasteiger partial charge is 0.252 e. The molecule has 106 valence electrons. The molecule has 0 saturated heterocycles. The molecule has 5 heteroatoms. The summed E-state index contributed by atoms with van der Waals surface area (Å²) < 4.78 is 1.07. The van der Waals surface area contributed by atoms with Crippen molar-refractivity contribution in [2.24, 2.45) is 5.10 Å². The van der Waals surface area contributed by atoms with Crippen LogP contribution >= 0.6 is 27.3 Å². The summed E-state index contributed by atoms with van der Waals surface area (Å²) in [6.45, 7) is 8.45. The van der Waals surface area contributed by atoms with E-state index in [0.29, 0.717) is 0 Å². The molecule has 0 spiro atoms. The molecule has 0 saturated carbocycles. The number of halogens is 1. The van der Waals surface area contributed by atoms with Crippen LogP contribution in [0, 0.1) is 0 Å². The molecule has 0 aliphatic rings. The average molecular weight is 352 g/mol. The highest BCUT2D eigenvalue weighted by Gasteiger charge is 2.17. The van der Waals surface area contributed by atoms with E-state index >= 15 is 0 Å². The zero-order valence-electron chi connectivity index (χ0n) is 12.1. The number of anilines is 1. The van der Waals surface area contributed by atoms with E-state index < -0.39 is 0 Å². The Bertz CT molecular complexity index is 609. The second-order valence-electron chi connectivity index (χ2n) is 5.60. The number of rotatable bonds is 3. The van der Waals surface area contributed by atoms with Crippen LogP contribution in [0.2, 0.25) is 0 Å². The van der Waals surface area contributed by atoms with Gasteiger partial charge in [0, 0.05) is 15.3 Å². The number of thiazole rings is 1. The summed E-state index contributed by atoms with van der Waals surface area (Å²) in [5.41, 5.74) is 6.21. The van der Waals surface area contributed by atoms with Gasteiger partial charge in [0.15, 0.2) is 0 Å². The Morgan fingerprint density at radius 2 is 1.90 bits per heavy atom. The van der Waals surface area contributed by atoms with Crippen molar-refractivity contribution in [2.45, 2.75) is 33.1 Å². The summed E-state index contributed by atoms with van der Waals surface area (Å²) in [5.74, 6) is 0. The predicted octanol–water partition coefficient (Wildman–Crippen LogP) is 5.04. The highest BCUT2D eigenvalue weighted by atomic mass is 79.9. The quantitative estimate of drug-likeness (QED) is 0.621. The monoisotopic (exact) mass is 351 g/mol. The molecule has 2 rings (SSSR count). The van der Waals surface area contributed by atoms with Crippen molar-refractivity contribution in [3.05, 3.63) is 45.4 Å². The van der Waals surface area contributed by atoms with Crippen LogP contribution in [0.3, 0.4) is 0 Å². The van der Waals surface area contributed by atoms with Crippen molar-refractivity contribution in [3.63, 3.8) is 0 Å². The summed E-state index contributed by atoms with van der Waals surface area (Å²) in [5, 5.41) is 7.29. The number of aromatic nitrogens is 1. The molecule has 0 fully saturated rings. The van der Waals surface area contributed by atoms with Gasteiger partial charge in [-0.25, -0.2) is 4.98 Å². The van der Waals surface area contributed by atoms with Crippen molar-refractivity contribution >= 4 is 38.1 Å². The van der Waals surface area contributed by atoms with Crippen LogP contribution in [0.15, 0.2) is 39.2 Å². The standard InChI is InChI=1S/C15H18BrN3S/c1-10(11-5-7-12(16)8-6-11)18-19-14-17-13(9-20-14)15(2,3)4/h5-9H,1-4H3,(H,17,19)/b18-10-. The van der Waals surface area contributed by atoms with E-state index in [1.807, 2.05) is 31.2 Å². The van der Waals surface area contributed by atoms with Gasteiger partial charge in [-0.1, -0.05) is 48.8 Å². The molecule has 20 heavy (non-hydrogen) atoms. The van der Waals surface area contributed by atoms with Crippen LogP contribution in [0.25, 0.3) is 0 Å². The molecule has 3 nitrogen and oxygen atoms in total. The minimum atomic E-state index is 0.0703. The van der Waals surface area contributed by atoms with Gasteiger partial charge in [0.25, 0.3) is 0 Å². The van der Waals surface area contributed by atoms with E-state index in [4.69, 9.17) is 0 Å². The maximum atomic E-state index is 4.55. The third kappa shape index (κ3) is 3.90. The fraction of sp³-hybridized carbons (Fsp3) is 0.333. The average Bonchev–Trinajstić information content (AvgIpc) is 2.85. The van der Waals surface area contributed by atoms with Gasteiger partial charge in [-0.05, 0) is 24.6 Å².